The molecule has 0 amide bonds. The average Bonchev–Trinajstić information content (AvgIpc) is 3.34. The van der Waals surface area contributed by atoms with E-state index >= 15 is 0 Å². The summed E-state index contributed by atoms with van der Waals surface area (Å²) in [6.45, 7) is 6.07. The van der Waals surface area contributed by atoms with Gasteiger partial charge in [-0.3, -0.25) is 4.90 Å². The first-order chi connectivity index (χ1) is 20.6. The summed E-state index contributed by atoms with van der Waals surface area (Å²) in [6, 6.07) is 22.9. The summed E-state index contributed by atoms with van der Waals surface area (Å²) in [6.07, 6.45) is 2.62. The Balaban J connectivity index is 1.28. The number of nitrogens with zero attached hydrogens (tertiary/aromatic N) is 2. The third-order valence-electron chi connectivity index (χ3n) is 10.5. The van der Waals surface area contributed by atoms with E-state index in [9.17, 15) is 18.6 Å². The van der Waals surface area contributed by atoms with Gasteiger partial charge in [0.2, 0.25) is 10.0 Å². The zero-order valence-corrected chi connectivity index (χ0v) is 25.8. The normalized spacial score (nSPS) is 29.5. The average molecular weight is 603 g/mol. The van der Waals surface area contributed by atoms with E-state index in [0.717, 1.165) is 36.2 Å². The molecule has 1 saturated carbocycles. The van der Waals surface area contributed by atoms with Crippen molar-refractivity contribution in [3.05, 3.63) is 95.1 Å². The van der Waals surface area contributed by atoms with Crippen molar-refractivity contribution < 1.29 is 23.4 Å². The van der Waals surface area contributed by atoms with Gasteiger partial charge in [0, 0.05) is 24.7 Å². The lowest BCUT2D eigenvalue weighted by Crippen LogP contribution is -2.78. The number of aliphatic hydroxyl groups is 1. The largest absolute Gasteiger partial charge is 0.504 e. The van der Waals surface area contributed by atoms with Crippen LogP contribution in [-0.2, 0) is 34.0 Å². The van der Waals surface area contributed by atoms with Crippen molar-refractivity contribution in [2.45, 2.75) is 80.9 Å². The summed E-state index contributed by atoms with van der Waals surface area (Å²) in [7, 11) is -3.72. The molecule has 0 unspecified atom stereocenters. The Bertz CT molecular complexity index is 1600. The van der Waals surface area contributed by atoms with Crippen LogP contribution < -0.4 is 4.74 Å². The molecule has 5 atom stereocenters. The fourth-order valence-corrected chi connectivity index (χ4v) is 10.7. The van der Waals surface area contributed by atoms with Gasteiger partial charge in [-0.05, 0) is 67.3 Å². The molecule has 43 heavy (non-hydrogen) atoms. The molecule has 2 bridgehead atoms. The van der Waals surface area contributed by atoms with Gasteiger partial charge in [-0.25, -0.2) is 8.42 Å². The Morgan fingerprint density at radius 3 is 2.40 bits per heavy atom. The van der Waals surface area contributed by atoms with Gasteiger partial charge in [0.05, 0.1) is 22.8 Å². The van der Waals surface area contributed by atoms with Crippen LogP contribution in [0.1, 0.15) is 55.4 Å². The van der Waals surface area contributed by atoms with E-state index in [0.29, 0.717) is 38.0 Å². The first kappa shape index (κ1) is 28.8. The number of sulfonamides is 1. The molecular formula is C35H42N2O5S. The Morgan fingerprint density at radius 2 is 1.70 bits per heavy atom. The second-order valence-corrected chi connectivity index (χ2v) is 15.4. The lowest BCUT2D eigenvalue weighted by Gasteiger charge is -2.64. The van der Waals surface area contributed by atoms with Gasteiger partial charge in [-0.15, -0.1) is 0 Å². The lowest BCUT2D eigenvalue weighted by molar-refractivity contribution is -0.196. The predicted octanol–water partition coefficient (Wildman–Crippen LogP) is 4.65. The number of rotatable bonds is 9. The van der Waals surface area contributed by atoms with Crippen LogP contribution in [0.5, 0.6) is 11.5 Å². The number of ether oxygens (including phenoxy) is 1. The molecule has 7 nitrogen and oxygen atoms in total. The number of hydrogen-bond acceptors (Lipinski definition) is 6. The molecule has 2 N–H and O–H groups in total. The molecule has 2 fully saturated rings. The second-order valence-electron chi connectivity index (χ2n) is 13.4. The molecule has 2 aliphatic carbocycles. The summed E-state index contributed by atoms with van der Waals surface area (Å²) < 4.78 is 36.8. The second kappa shape index (κ2) is 10.6. The van der Waals surface area contributed by atoms with Gasteiger partial charge in [0.1, 0.15) is 6.10 Å². The quantitative estimate of drug-likeness (QED) is 0.371. The minimum absolute atomic E-state index is 0.0659. The highest BCUT2D eigenvalue weighted by atomic mass is 32.2. The van der Waals surface area contributed by atoms with Crippen LogP contribution in [0, 0.1) is 5.92 Å². The molecule has 228 valence electrons. The van der Waals surface area contributed by atoms with E-state index in [-0.39, 0.29) is 23.5 Å². The number of phenolic OH excluding ortho intramolecular Hbond substituents is 1. The molecule has 7 rings (SSSR count). The third kappa shape index (κ3) is 4.52. The summed E-state index contributed by atoms with van der Waals surface area (Å²) in [5.74, 6) is 0.529. The number of benzene rings is 3. The van der Waals surface area contributed by atoms with Crippen molar-refractivity contribution in [1.82, 2.24) is 9.21 Å². The summed E-state index contributed by atoms with van der Waals surface area (Å²) >= 11 is 0. The van der Waals surface area contributed by atoms with Gasteiger partial charge in [-0.2, -0.15) is 4.31 Å². The standard InChI is InChI=1S/C35H42N2O5S/c1-24(2)22-37(43(40,41)23-26-11-7-4-8-12-26)28-15-17-35(39)30-21-27-13-14-29(38)32-31(27)34(35,33(28)42-32)18-20-36(30)19-16-25-9-5-3-6-10-25/h3-14,24,28,30,33,38-39H,15-23H2,1-2H3/t28-,30-,33+,34+,35-/m1/s1. The maximum Gasteiger partial charge on any atom is 0.218 e. The molecule has 1 spiro atoms. The van der Waals surface area contributed by atoms with Crippen LogP contribution >= 0.6 is 0 Å². The Morgan fingerprint density at radius 1 is 1.00 bits per heavy atom. The Kier molecular flexibility index (Phi) is 7.12. The van der Waals surface area contributed by atoms with Crippen LogP contribution in [0.15, 0.2) is 72.8 Å². The SMILES string of the molecule is CC(C)CN([C@@H]1CC[C@@]2(O)[C@H]3Cc4ccc(O)c5c4[C@@]2(CCN3CCc2ccccc2)[C@H]1O5)S(=O)(=O)Cc1ccccc1. The molecule has 8 heteroatoms. The molecule has 1 saturated heterocycles. The smallest absolute Gasteiger partial charge is 0.218 e. The van der Waals surface area contributed by atoms with Crippen molar-refractivity contribution in [2.24, 2.45) is 5.92 Å². The van der Waals surface area contributed by atoms with Crippen molar-refractivity contribution >= 4 is 10.0 Å². The zero-order chi connectivity index (χ0) is 30.0. The summed E-state index contributed by atoms with van der Waals surface area (Å²) in [4.78, 5) is 2.45. The highest BCUT2D eigenvalue weighted by Crippen LogP contribution is 2.66. The monoisotopic (exact) mass is 602 g/mol. The van der Waals surface area contributed by atoms with Crippen molar-refractivity contribution in [3.63, 3.8) is 0 Å². The highest BCUT2D eigenvalue weighted by Gasteiger charge is 2.73. The molecule has 2 heterocycles. The minimum Gasteiger partial charge on any atom is -0.504 e. The maximum atomic E-state index is 14.2. The van der Waals surface area contributed by atoms with E-state index in [1.165, 1.54) is 5.56 Å². The number of phenols is 1. The molecule has 0 aromatic heterocycles. The molecular weight excluding hydrogens is 560 g/mol. The van der Waals surface area contributed by atoms with Gasteiger partial charge < -0.3 is 14.9 Å². The predicted molar refractivity (Wildman–Crippen MR) is 167 cm³/mol. The number of hydrogen-bond donors (Lipinski definition) is 2. The number of likely N-dealkylation sites (tertiary alicyclic amines) is 1. The lowest BCUT2D eigenvalue weighted by atomic mass is 9.48. The maximum absolute atomic E-state index is 14.2. The molecule has 3 aromatic rings. The van der Waals surface area contributed by atoms with E-state index in [4.69, 9.17) is 4.74 Å². The van der Waals surface area contributed by atoms with Crippen molar-refractivity contribution in [3.8, 4) is 11.5 Å². The number of aromatic hydroxyl groups is 1. The zero-order valence-electron chi connectivity index (χ0n) is 25.0. The van der Waals surface area contributed by atoms with Crippen LogP contribution in [-0.4, -0.2) is 71.3 Å². The summed E-state index contributed by atoms with van der Waals surface area (Å²) in [5.41, 5.74) is 2.15. The van der Waals surface area contributed by atoms with Gasteiger partial charge >= 0.3 is 0 Å². The summed E-state index contributed by atoms with van der Waals surface area (Å²) in [5, 5.41) is 23.9. The third-order valence-corrected chi connectivity index (χ3v) is 12.4. The van der Waals surface area contributed by atoms with Gasteiger partial charge in [0.15, 0.2) is 11.5 Å². The van der Waals surface area contributed by atoms with E-state index in [1.54, 1.807) is 10.4 Å². The first-order valence-corrected chi connectivity index (χ1v) is 17.3. The number of piperidine rings is 1. The van der Waals surface area contributed by atoms with Crippen LogP contribution in [0.4, 0.5) is 0 Å². The minimum atomic E-state index is -3.72. The Labute approximate surface area is 255 Å². The highest BCUT2D eigenvalue weighted by molar-refractivity contribution is 7.88. The van der Waals surface area contributed by atoms with E-state index < -0.39 is 33.2 Å². The Hall–Kier alpha value is -2.91. The topological polar surface area (TPSA) is 90.3 Å². The van der Waals surface area contributed by atoms with Crippen LogP contribution in [0.2, 0.25) is 0 Å². The fourth-order valence-electron chi connectivity index (χ4n) is 8.77. The first-order valence-electron chi connectivity index (χ1n) is 15.7. The molecule has 4 aliphatic rings. The van der Waals surface area contributed by atoms with Crippen LogP contribution in [0.25, 0.3) is 0 Å². The molecule has 3 aromatic carbocycles. The van der Waals surface area contributed by atoms with E-state index in [2.05, 4.69) is 29.2 Å². The van der Waals surface area contributed by atoms with Gasteiger partial charge in [-0.1, -0.05) is 80.6 Å². The fraction of sp³-hybridized carbons (Fsp3) is 0.486. The van der Waals surface area contributed by atoms with Crippen molar-refractivity contribution in [1.29, 1.82) is 0 Å². The van der Waals surface area contributed by atoms with Crippen LogP contribution in [0.3, 0.4) is 0 Å². The molecule has 0 radical (unpaired) electrons. The molecule has 2 aliphatic heterocycles. The van der Waals surface area contributed by atoms with E-state index in [1.807, 2.05) is 56.3 Å². The van der Waals surface area contributed by atoms with Gasteiger partial charge in [0.25, 0.3) is 0 Å². The van der Waals surface area contributed by atoms with Crippen molar-refractivity contribution in [2.75, 3.05) is 19.6 Å².